The van der Waals surface area contributed by atoms with Crippen LogP contribution in [-0.4, -0.2) is 23.0 Å². The molecule has 0 radical (unpaired) electrons. The van der Waals surface area contributed by atoms with Gasteiger partial charge >= 0.3 is 0 Å². The summed E-state index contributed by atoms with van der Waals surface area (Å²) in [6, 6.07) is 7.52. The van der Waals surface area contributed by atoms with Crippen LogP contribution >= 0.6 is 0 Å². The maximum atomic E-state index is 11.0. The normalized spacial score (nSPS) is 14.9. The van der Waals surface area contributed by atoms with Gasteiger partial charge < -0.3 is 20.6 Å². The number of fused-ring (bicyclic) bond motifs is 1. The van der Waals surface area contributed by atoms with E-state index in [0.29, 0.717) is 11.8 Å². The molecule has 0 bridgehead atoms. The number of nitrogens with two attached hydrogens (primary N) is 1. The molecular weight excluding hydrogens is 204 g/mol. The van der Waals surface area contributed by atoms with Crippen LogP contribution in [0.1, 0.15) is 12.0 Å². The molecule has 0 saturated heterocycles. The maximum absolute atomic E-state index is 11.0. The van der Waals surface area contributed by atoms with E-state index in [1.807, 2.05) is 30.5 Å². The molecule has 4 heteroatoms. The monoisotopic (exact) mass is 218 g/mol. The Balaban J connectivity index is 2.48. The van der Waals surface area contributed by atoms with Gasteiger partial charge in [-0.15, -0.1) is 0 Å². The van der Waals surface area contributed by atoms with Crippen LogP contribution in [0.4, 0.5) is 0 Å². The van der Waals surface area contributed by atoms with Gasteiger partial charge in [0.2, 0.25) is 0 Å². The van der Waals surface area contributed by atoms with Gasteiger partial charge in [0.1, 0.15) is 6.29 Å². The zero-order chi connectivity index (χ0) is 11.6. The molecule has 16 heavy (non-hydrogen) atoms. The van der Waals surface area contributed by atoms with Crippen molar-refractivity contribution in [1.82, 2.24) is 4.98 Å². The van der Waals surface area contributed by atoms with Gasteiger partial charge in [-0.1, -0.05) is 12.1 Å². The number of carbonyl (C=O) groups excluding carboxylic acids is 1. The van der Waals surface area contributed by atoms with E-state index in [1.54, 1.807) is 0 Å². The van der Waals surface area contributed by atoms with E-state index in [0.717, 1.165) is 10.9 Å². The molecule has 2 aromatic rings. The van der Waals surface area contributed by atoms with Crippen molar-refractivity contribution in [2.24, 2.45) is 5.73 Å². The summed E-state index contributed by atoms with van der Waals surface area (Å²) in [5, 5.41) is 9.99. The van der Waals surface area contributed by atoms with Gasteiger partial charge in [0.05, 0.1) is 5.54 Å². The topological polar surface area (TPSA) is 79.1 Å². The number of rotatable bonds is 4. The van der Waals surface area contributed by atoms with Crippen molar-refractivity contribution in [3.05, 3.63) is 36.0 Å². The van der Waals surface area contributed by atoms with E-state index >= 15 is 0 Å². The van der Waals surface area contributed by atoms with Gasteiger partial charge in [-0.2, -0.15) is 0 Å². The molecule has 0 aliphatic rings. The Hall–Kier alpha value is -1.65. The second kappa shape index (κ2) is 4.08. The Morgan fingerprint density at radius 3 is 2.94 bits per heavy atom. The maximum Gasteiger partial charge on any atom is 0.144 e. The molecule has 0 fully saturated rings. The fraction of sp³-hybridized carbons (Fsp3) is 0.250. The summed E-state index contributed by atoms with van der Waals surface area (Å²) in [6.07, 6.45) is 2.75. The number of nitrogens with one attached hydrogen (secondary N) is 1. The molecule has 4 N–H and O–H groups in total. The third kappa shape index (κ3) is 1.73. The number of aromatic amines is 1. The molecule has 1 aromatic carbocycles. The molecule has 1 atom stereocenters. The molecule has 1 unspecified atom stereocenters. The van der Waals surface area contributed by atoms with Crippen LogP contribution in [0.5, 0.6) is 0 Å². The predicted octanol–water partition coefficient (Wildman–Crippen LogP) is 0.903. The standard InChI is InChI=1S/C12H14N2O2/c13-12(8-16,4-6-15)10-2-1-9-3-5-14-11(9)7-10/h1-3,5,7-8,14-15H,4,6,13H2. The van der Waals surface area contributed by atoms with Gasteiger partial charge in [-0.05, 0) is 29.5 Å². The number of hydrogen-bond acceptors (Lipinski definition) is 3. The number of aliphatic hydroxyl groups excluding tert-OH is 1. The van der Waals surface area contributed by atoms with E-state index in [2.05, 4.69) is 4.98 Å². The summed E-state index contributed by atoms with van der Waals surface area (Å²) in [4.78, 5) is 14.1. The van der Waals surface area contributed by atoms with Gasteiger partial charge in [0, 0.05) is 18.3 Å². The van der Waals surface area contributed by atoms with Crippen LogP contribution in [0, 0.1) is 0 Å². The summed E-state index contributed by atoms with van der Waals surface area (Å²) in [5.74, 6) is 0. The van der Waals surface area contributed by atoms with E-state index < -0.39 is 5.54 Å². The van der Waals surface area contributed by atoms with Gasteiger partial charge in [0.25, 0.3) is 0 Å². The zero-order valence-electron chi connectivity index (χ0n) is 8.81. The highest BCUT2D eigenvalue weighted by atomic mass is 16.3. The minimum Gasteiger partial charge on any atom is -0.396 e. The largest absolute Gasteiger partial charge is 0.396 e. The van der Waals surface area contributed by atoms with E-state index in [1.165, 1.54) is 0 Å². The molecule has 0 aliphatic carbocycles. The number of aromatic nitrogens is 1. The van der Waals surface area contributed by atoms with Crippen LogP contribution in [0.3, 0.4) is 0 Å². The summed E-state index contributed by atoms with van der Waals surface area (Å²) < 4.78 is 0. The highest BCUT2D eigenvalue weighted by Crippen LogP contribution is 2.23. The first-order chi connectivity index (χ1) is 7.69. The van der Waals surface area contributed by atoms with Crippen LogP contribution < -0.4 is 5.73 Å². The summed E-state index contributed by atoms with van der Waals surface area (Å²) in [5.41, 5.74) is 6.50. The minimum atomic E-state index is -1.10. The van der Waals surface area contributed by atoms with Crippen molar-refractivity contribution in [3.63, 3.8) is 0 Å². The van der Waals surface area contributed by atoms with Crippen molar-refractivity contribution in [3.8, 4) is 0 Å². The molecule has 0 saturated carbocycles. The Kier molecular flexibility index (Phi) is 2.77. The second-order valence-corrected chi connectivity index (χ2v) is 3.91. The molecule has 4 nitrogen and oxygen atoms in total. The molecule has 0 amide bonds. The Bertz CT molecular complexity index is 506. The average molecular weight is 218 g/mol. The lowest BCUT2D eigenvalue weighted by molar-refractivity contribution is -0.113. The minimum absolute atomic E-state index is 0.113. The van der Waals surface area contributed by atoms with Crippen LogP contribution in [0.25, 0.3) is 10.9 Å². The lowest BCUT2D eigenvalue weighted by atomic mass is 9.89. The second-order valence-electron chi connectivity index (χ2n) is 3.91. The van der Waals surface area contributed by atoms with E-state index in [9.17, 15) is 4.79 Å². The molecule has 0 aliphatic heterocycles. The summed E-state index contributed by atoms with van der Waals surface area (Å²) >= 11 is 0. The smallest absolute Gasteiger partial charge is 0.144 e. The van der Waals surface area contributed by atoms with Crippen LogP contribution in [-0.2, 0) is 10.3 Å². The molecule has 84 valence electrons. The first-order valence-electron chi connectivity index (χ1n) is 5.13. The number of aldehydes is 1. The zero-order valence-corrected chi connectivity index (χ0v) is 8.81. The number of hydrogen-bond donors (Lipinski definition) is 3. The number of aliphatic hydroxyl groups is 1. The average Bonchev–Trinajstić information content (AvgIpc) is 2.76. The number of H-pyrrole nitrogens is 1. The van der Waals surface area contributed by atoms with Crippen molar-refractivity contribution >= 4 is 17.2 Å². The first kappa shape index (κ1) is 10.9. The predicted molar refractivity (Wildman–Crippen MR) is 61.9 cm³/mol. The Morgan fingerprint density at radius 1 is 1.44 bits per heavy atom. The fourth-order valence-electron chi connectivity index (χ4n) is 1.79. The Labute approximate surface area is 93.1 Å². The van der Waals surface area contributed by atoms with Crippen LogP contribution in [0.2, 0.25) is 0 Å². The van der Waals surface area contributed by atoms with Gasteiger partial charge in [-0.25, -0.2) is 0 Å². The lowest BCUT2D eigenvalue weighted by Crippen LogP contribution is -2.39. The molecule has 1 heterocycles. The van der Waals surface area contributed by atoms with Crippen molar-refractivity contribution < 1.29 is 9.90 Å². The molecule has 0 spiro atoms. The first-order valence-corrected chi connectivity index (χ1v) is 5.13. The SMILES string of the molecule is NC(C=O)(CCO)c1ccc2cc[nH]c2c1. The van der Waals surface area contributed by atoms with Crippen molar-refractivity contribution in [2.75, 3.05) is 6.61 Å². The highest BCUT2D eigenvalue weighted by molar-refractivity contribution is 5.81. The Morgan fingerprint density at radius 2 is 2.25 bits per heavy atom. The highest BCUT2D eigenvalue weighted by Gasteiger charge is 2.26. The number of carbonyl (C=O) groups is 1. The third-order valence-electron chi connectivity index (χ3n) is 2.83. The van der Waals surface area contributed by atoms with Crippen molar-refractivity contribution in [2.45, 2.75) is 12.0 Å². The quantitative estimate of drug-likeness (QED) is 0.667. The summed E-state index contributed by atoms with van der Waals surface area (Å²) in [7, 11) is 0. The van der Waals surface area contributed by atoms with Crippen LogP contribution in [0.15, 0.2) is 30.5 Å². The fourth-order valence-corrected chi connectivity index (χ4v) is 1.79. The van der Waals surface area contributed by atoms with Gasteiger partial charge in [0.15, 0.2) is 0 Å². The molecule has 2 rings (SSSR count). The van der Waals surface area contributed by atoms with E-state index in [4.69, 9.17) is 10.8 Å². The lowest BCUT2D eigenvalue weighted by Gasteiger charge is -2.22. The van der Waals surface area contributed by atoms with E-state index in [-0.39, 0.29) is 13.0 Å². The molecular formula is C12H14N2O2. The van der Waals surface area contributed by atoms with Gasteiger partial charge in [-0.3, -0.25) is 0 Å². The molecule has 1 aromatic heterocycles. The summed E-state index contributed by atoms with van der Waals surface area (Å²) in [6.45, 7) is -0.113. The third-order valence-corrected chi connectivity index (χ3v) is 2.83. The number of benzene rings is 1. The van der Waals surface area contributed by atoms with Crippen molar-refractivity contribution in [1.29, 1.82) is 0 Å².